The van der Waals surface area contributed by atoms with Gasteiger partial charge in [0, 0.05) is 20.1 Å². The fraction of sp³-hybridized carbons (Fsp3) is 0.429. The smallest absolute Gasteiger partial charge is 0.317 e. The number of nitrogens with one attached hydrogen (secondary N) is 1. The summed E-state index contributed by atoms with van der Waals surface area (Å²) in [5.74, 6) is -5.84. The summed E-state index contributed by atoms with van der Waals surface area (Å²) < 4.78 is 39.2. The standard InChI is InChI=1S/C14H17F3N2O3/c1-8(13(20)21)7-19(2)14(22)18-6-5-9-3-4-10(15)12(17)11(9)16/h3-4,8H,5-7H2,1-2H3,(H,18,22)(H,20,21). The molecule has 122 valence electrons. The summed E-state index contributed by atoms with van der Waals surface area (Å²) in [5.41, 5.74) is -0.0549. The monoisotopic (exact) mass is 318 g/mol. The molecule has 0 saturated carbocycles. The molecule has 2 amide bonds. The number of nitrogens with zero attached hydrogens (tertiary/aromatic N) is 1. The van der Waals surface area contributed by atoms with E-state index in [2.05, 4.69) is 5.32 Å². The summed E-state index contributed by atoms with van der Waals surface area (Å²) >= 11 is 0. The Hall–Kier alpha value is -2.25. The molecule has 0 saturated heterocycles. The van der Waals surface area contributed by atoms with Gasteiger partial charge >= 0.3 is 12.0 Å². The Labute approximate surface area is 125 Å². The van der Waals surface area contributed by atoms with Crippen LogP contribution in [0, 0.1) is 23.4 Å². The van der Waals surface area contributed by atoms with E-state index in [9.17, 15) is 22.8 Å². The van der Waals surface area contributed by atoms with Crippen molar-refractivity contribution in [2.24, 2.45) is 5.92 Å². The van der Waals surface area contributed by atoms with Crippen LogP contribution in [0.3, 0.4) is 0 Å². The fourth-order valence-electron chi connectivity index (χ4n) is 1.77. The normalized spacial score (nSPS) is 11.9. The predicted octanol–water partition coefficient (Wildman–Crippen LogP) is 2.01. The van der Waals surface area contributed by atoms with Crippen LogP contribution in [0.15, 0.2) is 12.1 Å². The molecule has 0 fully saturated rings. The van der Waals surface area contributed by atoms with Gasteiger partial charge < -0.3 is 15.3 Å². The maximum Gasteiger partial charge on any atom is 0.317 e. The van der Waals surface area contributed by atoms with Crippen LogP contribution in [0.2, 0.25) is 0 Å². The Kier molecular flexibility index (Phi) is 6.21. The van der Waals surface area contributed by atoms with E-state index in [-0.39, 0.29) is 25.1 Å². The topological polar surface area (TPSA) is 69.6 Å². The number of carbonyl (C=O) groups is 2. The van der Waals surface area contributed by atoms with Crippen LogP contribution in [0.5, 0.6) is 0 Å². The van der Waals surface area contributed by atoms with E-state index in [1.807, 2.05) is 0 Å². The molecular formula is C14H17F3N2O3. The zero-order valence-electron chi connectivity index (χ0n) is 12.2. The molecule has 1 rings (SSSR count). The van der Waals surface area contributed by atoms with Gasteiger partial charge in [-0.1, -0.05) is 13.0 Å². The highest BCUT2D eigenvalue weighted by molar-refractivity contribution is 5.75. The third-order valence-electron chi connectivity index (χ3n) is 3.10. The van der Waals surface area contributed by atoms with Crippen molar-refractivity contribution in [2.75, 3.05) is 20.1 Å². The van der Waals surface area contributed by atoms with Gasteiger partial charge in [-0.05, 0) is 18.1 Å². The van der Waals surface area contributed by atoms with Gasteiger partial charge in [0.25, 0.3) is 0 Å². The lowest BCUT2D eigenvalue weighted by Crippen LogP contribution is -2.41. The van der Waals surface area contributed by atoms with E-state index in [0.717, 1.165) is 12.1 Å². The van der Waals surface area contributed by atoms with E-state index < -0.39 is 35.4 Å². The van der Waals surface area contributed by atoms with Crippen LogP contribution in [0.1, 0.15) is 12.5 Å². The lowest BCUT2D eigenvalue weighted by molar-refractivity contribution is -0.141. The van der Waals surface area contributed by atoms with Gasteiger partial charge in [-0.2, -0.15) is 0 Å². The van der Waals surface area contributed by atoms with Gasteiger partial charge in [0.05, 0.1) is 5.92 Å². The third-order valence-corrected chi connectivity index (χ3v) is 3.10. The number of urea groups is 1. The first kappa shape index (κ1) is 17.8. The first-order valence-corrected chi connectivity index (χ1v) is 6.58. The molecule has 0 aliphatic rings. The van der Waals surface area contributed by atoms with Crippen LogP contribution < -0.4 is 5.32 Å². The number of aliphatic carboxylic acids is 1. The van der Waals surface area contributed by atoms with Gasteiger partial charge in [-0.3, -0.25) is 4.79 Å². The second-order valence-corrected chi connectivity index (χ2v) is 4.94. The number of rotatable bonds is 6. The van der Waals surface area contributed by atoms with Crippen molar-refractivity contribution in [1.29, 1.82) is 0 Å². The molecule has 0 bridgehead atoms. The summed E-state index contributed by atoms with van der Waals surface area (Å²) in [4.78, 5) is 23.6. The van der Waals surface area contributed by atoms with Crippen LogP contribution in [-0.4, -0.2) is 42.1 Å². The largest absolute Gasteiger partial charge is 0.481 e. The molecule has 0 aromatic heterocycles. The van der Waals surface area contributed by atoms with Crippen molar-refractivity contribution in [2.45, 2.75) is 13.3 Å². The number of hydrogen-bond donors (Lipinski definition) is 2. The average Bonchev–Trinajstić information content (AvgIpc) is 2.46. The summed E-state index contributed by atoms with van der Waals surface area (Å²) in [7, 11) is 1.42. The molecule has 1 aromatic rings. The molecule has 0 heterocycles. The van der Waals surface area contributed by atoms with Crippen molar-refractivity contribution in [1.82, 2.24) is 10.2 Å². The van der Waals surface area contributed by atoms with Crippen molar-refractivity contribution in [3.8, 4) is 0 Å². The number of hydrogen-bond acceptors (Lipinski definition) is 2. The number of halogens is 3. The molecule has 0 radical (unpaired) electrons. The zero-order valence-corrected chi connectivity index (χ0v) is 12.2. The Morgan fingerprint density at radius 3 is 2.50 bits per heavy atom. The van der Waals surface area contributed by atoms with E-state index in [4.69, 9.17) is 5.11 Å². The highest BCUT2D eigenvalue weighted by Crippen LogP contribution is 2.15. The van der Waals surface area contributed by atoms with E-state index >= 15 is 0 Å². The number of carbonyl (C=O) groups excluding carboxylic acids is 1. The minimum Gasteiger partial charge on any atom is -0.481 e. The second-order valence-electron chi connectivity index (χ2n) is 4.94. The first-order chi connectivity index (χ1) is 10.2. The Morgan fingerprint density at radius 1 is 1.27 bits per heavy atom. The highest BCUT2D eigenvalue weighted by Gasteiger charge is 2.17. The third kappa shape index (κ3) is 4.64. The maximum absolute atomic E-state index is 13.4. The van der Waals surface area contributed by atoms with Crippen molar-refractivity contribution in [3.63, 3.8) is 0 Å². The quantitative estimate of drug-likeness (QED) is 0.788. The van der Waals surface area contributed by atoms with Crippen molar-refractivity contribution >= 4 is 12.0 Å². The Morgan fingerprint density at radius 2 is 1.91 bits per heavy atom. The molecule has 0 aliphatic carbocycles. The van der Waals surface area contributed by atoms with Gasteiger partial charge in [-0.15, -0.1) is 0 Å². The predicted molar refractivity (Wildman–Crippen MR) is 72.8 cm³/mol. The molecule has 1 unspecified atom stereocenters. The van der Waals surface area contributed by atoms with Crippen molar-refractivity contribution < 1.29 is 27.9 Å². The van der Waals surface area contributed by atoms with Gasteiger partial charge in [0.2, 0.25) is 0 Å². The van der Waals surface area contributed by atoms with Gasteiger partial charge in [-0.25, -0.2) is 18.0 Å². The molecule has 2 N–H and O–H groups in total. The Bertz CT molecular complexity index is 567. The van der Waals surface area contributed by atoms with Crippen LogP contribution in [0.4, 0.5) is 18.0 Å². The van der Waals surface area contributed by atoms with Crippen LogP contribution >= 0.6 is 0 Å². The average molecular weight is 318 g/mol. The van der Waals surface area contributed by atoms with Crippen molar-refractivity contribution in [3.05, 3.63) is 35.1 Å². The van der Waals surface area contributed by atoms with E-state index in [0.29, 0.717) is 0 Å². The number of amides is 2. The molecule has 1 aromatic carbocycles. The first-order valence-electron chi connectivity index (χ1n) is 6.58. The molecule has 1 atom stereocenters. The second kappa shape index (κ2) is 7.67. The molecule has 0 spiro atoms. The SMILES string of the molecule is CC(CN(C)C(=O)NCCc1ccc(F)c(F)c1F)C(=O)O. The molecule has 8 heteroatoms. The minimum absolute atomic E-state index is 0.00657. The zero-order chi connectivity index (χ0) is 16.9. The number of benzene rings is 1. The lowest BCUT2D eigenvalue weighted by atomic mass is 10.1. The number of carboxylic acid groups (broad SMARTS) is 1. The molecule has 22 heavy (non-hydrogen) atoms. The summed E-state index contributed by atoms with van der Waals surface area (Å²) in [6.07, 6.45) is -0.0168. The van der Waals surface area contributed by atoms with Crippen LogP contribution in [0.25, 0.3) is 0 Å². The summed E-state index contributed by atoms with van der Waals surface area (Å²) in [5, 5.41) is 11.2. The van der Waals surface area contributed by atoms with E-state index in [1.165, 1.54) is 18.9 Å². The highest BCUT2D eigenvalue weighted by atomic mass is 19.2. The molecule has 0 aliphatic heterocycles. The maximum atomic E-state index is 13.4. The van der Waals surface area contributed by atoms with E-state index in [1.54, 1.807) is 0 Å². The summed E-state index contributed by atoms with van der Waals surface area (Å²) in [6, 6.07) is 1.39. The summed E-state index contributed by atoms with van der Waals surface area (Å²) in [6.45, 7) is 1.48. The van der Waals surface area contributed by atoms with Gasteiger partial charge in [0.1, 0.15) is 0 Å². The molecular weight excluding hydrogens is 301 g/mol. The van der Waals surface area contributed by atoms with Gasteiger partial charge in [0.15, 0.2) is 17.5 Å². The Balaban J connectivity index is 2.49. The minimum atomic E-state index is -1.55. The van der Waals surface area contributed by atoms with Crippen LogP contribution in [-0.2, 0) is 11.2 Å². The number of carboxylic acids is 1. The molecule has 5 nitrogen and oxygen atoms in total. The fourth-order valence-corrected chi connectivity index (χ4v) is 1.77. The lowest BCUT2D eigenvalue weighted by Gasteiger charge is -2.20.